The van der Waals surface area contributed by atoms with E-state index >= 15 is 0 Å². The number of imidazole rings is 2. The van der Waals surface area contributed by atoms with Crippen LogP contribution in [0.15, 0.2) is 24.5 Å². The number of nitrogens with zero attached hydrogens (tertiary/aromatic N) is 4. The van der Waals surface area contributed by atoms with Gasteiger partial charge in [-0.25, -0.2) is 15.0 Å². The summed E-state index contributed by atoms with van der Waals surface area (Å²) in [6.45, 7) is 2.92. The fourth-order valence-corrected chi connectivity index (χ4v) is 2.95. The minimum atomic E-state index is -0.252. The fraction of sp³-hybridized carbons (Fsp3) is 0.333. The molecule has 25 heavy (non-hydrogen) atoms. The molecule has 1 amide bonds. The molecule has 0 fully saturated rings. The van der Waals surface area contributed by atoms with Crippen LogP contribution in [-0.2, 0) is 13.0 Å². The zero-order valence-corrected chi connectivity index (χ0v) is 13.9. The summed E-state index contributed by atoms with van der Waals surface area (Å²) in [5, 5.41) is 2.90. The first-order valence-corrected chi connectivity index (χ1v) is 8.35. The first-order chi connectivity index (χ1) is 12.2. The summed E-state index contributed by atoms with van der Waals surface area (Å²) in [6.07, 6.45) is 6.20. The van der Waals surface area contributed by atoms with E-state index in [0.717, 1.165) is 36.4 Å². The van der Waals surface area contributed by atoms with Crippen LogP contribution in [0.25, 0.3) is 11.2 Å². The SMILES string of the molecule is C[C@@H](CC#Cc1cnc2n1CCC2)NC(=O)c1nc2ncccc2[nH]1. The van der Waals surface area contributed by atoms with E-state index in [-0.39, 0.29) is 17.8 Å². The minimum absolute atomic E-state index is 0.0814. The van der Waals surface area contributed by atoms with Gasteiger partial charge < -0.3 is 14.9 Å². The number of carbonyl (C=O) groups excluding carboxylic acids is 1. The third-order valence-electron chi connectivity index (χ3n) is 4.20. The summed E-state index contributed by atoms with van der Waals surface area (Å²) < 4.78 is 2.16. The quantitative estimate of drug-likeness (QED) is 0.713. The number of pyridine rings is 1. The second-order valence-corrected chi connectivity index (χ2v) is 6.16. The van der Waals surface area contributed by atoms with Crippen LogP contribution in [0.5, 0.6) is 0 Å². The lowest BCUT2D eigenvalue weighted by molar-refractivity contribution is 0.0931. The number of rotatable bonds is 3. The molecular weight excluding hydrogens is 316 g/mol. The van der Waals surface area contributed by atoms with Crippen LogP contribution in [-0.4, -0.2) is 36.5 Å². The summed E-state index contributed by atoms with van der Waals surface area (Å²) in [6, 6.07) is 3.56. The Balaban J connectivity index is 1.38. The molecule has 1 atom stereocenters. The summed E-state index contributed by atoms with van der Waals surface area (Å²) in [4.78, 5) is 27.9. The summed E-state index contributed by atoms with van der Waals surface area (Å²) in [5.74, 6) is 7.42. The highest BCUT2D eigenvalue weighted by atomic mass is 16.2. The Morgan fingerprint density at radius 1 is 1.48 bits per heavy atom. The van der Waals surface area contributed by atoms with Crippen molar-refractivity contribution in [2.75, 3.05) is 0 Å². The van der Waals surface area contributed by atoms with Gasteiger partial charge in [0.1, 0.15) is 11.5 Å². The van der Waals surface area contributed by atoms with Crippen LogP contribution in [0.4, 0.5) is 0 Å². The van der Waals surface area contributed by atoms with E-state index < -0.39 is 0 Å². The van der Waals surface area contributed by atoms with Gasteiger partial charge in [-0.05, 0) is 31.4 Å². The van der Waals surface area contributed by atoms with Crippen molar-refractivity contribution in [3.05, 3.63) is 41.9 Å². The monoisotopic (exact) mass is 334 g/mol. The molecule has 7 heteroatoms. The molecule has 0 spiro atoms. The highest BCUT2D eigenvalue weighted by molar-refractivity contribution is 5.93. The predicted molar refractivity (Wildman–Crippen MR) is 92.9 cm³/mol. The zero-order valence-electron chi connectivity index (χ0n) is 13.9. The van der Waals surface area contributed by atoms with Crippen LogP contribution < -0.4 is 5.32 Å². The molecular formula is C18H18N6O. The summed E-state index contributed by atoms with van der Waals surface area (Å²) in [7, 11) is 0. The first kappa shape index (κ1) is 15.4. The van der Waals surface area contributed by atoms with Crippen molar-refractivity contribution in [2.24, 2.45) is 0 Å². The molecule has 126 valence electrons. The lowest BCUT2D eigenvalue weighted by Crippen LogP contribution is -2.32. The van der Waals surface area contributed by atoms with E-state index in [9.17, 15) is 4.79 Å². The number of fused-ring (bicyclic) bond motifs is 2. The van der Waals surface area contributed by atoms with E-state index in [1.807, 2.05) is 19.2 Å². The number of carbonyl (C=O) groups is 1. The molecule has 0 aliphatic carbocycles. The maximum absolute atomic E-state index is 12.3. The third kappa shape index (κ3) is 3.11. The van der Waals surface area contributed by atoms with Crippen LogP contribution in [0.3, 0.4) is 0 Å². The van der Waals surface area contributed by atoms with Crippen molar-refractivity contribution in [2.45, 2.75) is 38.8 Å². The Hall–Kier alpha value is -3.14. The lowest BCUT2D eigenvalue weighted by atomic mass is 10.2. The Labute approximate surface area is 144 Å². The Morgan fingerprint density at radius 2 is 2.40 bits per heavy atom. The molecule has 2 N–H and O–H groups in total. The third-order valence-corrected chi connectivity index (χ3v) is 4.20. The van der Waals surface area contributed by atoms with E-state index in [1.54, 1.807) is 12.3 Å². The Kier molecular flexibility index (Phi) is 3.94. The number of hydrogen-bond donors (Lipinski definition) is 2. The highest BCUT2D eigenvalue weighted by Gasteiger charge is 2.15. The lowest BCUT2D eigenvalue weighted by Gasteiger charge is -2.08. The number of hydrogen-bond acceptors (Lipinski definition) is 4. The molecule has 0 aromatic carbocycles. The van der Waals surface area contributed by atoms with Crippen molar-refractivity contribution >= 4 is 17.1 Å². The normalized spacial score (nSPS) is 14.0. The van der Waals surface area contributed by atoms with E-state index in [4.69, 9.17) is 0 Å². The standard InChI is InChI=1S/C18H18N6O/c1-12(5-2-6-13-11-20-15-8-4-10-24(13)15)21-18(25)17-22-14-7-3-9-19-16(14)23-17/h3,7,9,11-12H,4-5,8,10H2,1H3,(H,21,25)(H,19,22,23)/t12-/m0/s1. The van der Waals surface area contributed by atoms with E-state index in [1.165, 1.54) is 0 Å². The maximum atomic E-state index is 12.3. The van der Waals surface area contributed by atoms with Crippen LogP contribution >= 0.6 is 0 Å². The molecule has 0 saturated heterocycles. The van der Waals surface area contributed by atoms with Crippen LogP contribution in [0, 0.1) is 11.8 Å². The molecule has 0 unspecified atom stereocenters. The first-order valence-electron chi connectivity index (χ1n) is 8.35. The number of amides is 1. The van der Waals surface area contributed by atoms with E-state index in [2.05, 4.69) is 41.7 Å². The van der Waals surface area contributed by atoms with Crippen molar-refractivity contribution < 1.29 is 4.79 Å². The van der Waals surface area contributed by atoms with Crippen molar-refractivity contribution in [3.63, 3.8) is 0 Å². The number of aromatic amines is 1. The van der Waals surface area contributed by atoms with Gasteiger partial charge in [-0.3, -0.25) is 4.79 Å². The summed E-state index contributed by atoms with van der Waals surface area (Å²) >= 11 is 0. The number of nitrogens with one attached hydrogen (secondary N) is 2. The van der Waals surface area contributed by atoms with Crippen molar-refractivity contribution in [1.29, 1.82) is 0 Å². The van der Waals surface area contributed by atoms with Crippen LogP contribution in [0.2, 0.25) is 0 Å². The van der Waals surface area contributed by atoms with Gasteiger partial charge in [0.2, 0.25) is 0 Å². The highest BCUT2D eigenvalue weighted by Crippen LogP contribution is 2.15. The zero-order chi connectivity index (χ0) is 17.2. The minimum Gasteiger partial charge on any atom is -0.346 e. The summed E-state index contributed by atoms with van der Waals surface area (Å²) in [5.41, 5.74) is 2.23. The van der Waals surface area contributed by atoms with Gasteiger partial charge in [0, 0.05) is 31.6 Å². The van der Waals surface area contributed by atoms with E-state index in [0.29, 0.717) is 12.1 Å². The van der Waals surface area contributed by atoms with Gasteiger partial charge in [0.05, 0.1) is 11.7 Å². The molecule has 4 heterocycles. The second kappa shape index (κ2) is 6.40. The molecule has 4 rings (SSSR count). The van der Waals surface area contributed by atoms with Gasteiger partial charge in [-0.1, -0.05) is 5.92 Å². The van der Waals surface area contributed by atoms with Crippen LogP contribution in [0.1, 0.15) is 41.9 Å². The average Bonchev–Trinajstić information content (AvgIpc) is 3.30. The molecule has 3 aromatic rings. The Bertz CT molecular complexity index is 957. The van der Waals surface area contributed by atoms with Gasteiger partial charge in [0.15, 0.2) is 11.5 Å². The smallest absolute Gasteiger partial charge is 0.287 e. The van der Waals surface area contributed by atoms with Crippen molar-refractivity contribution in [3.8, 4) is 11.8 Å². The Morgan fingerprint density at radius 3 is 3.28 bits per heavy atom. The molecule has 0 radical (unpaired) electrons. The van der Waals surface area contributed by atoms with Gasteiger partial charge in [0.25, 0.3) is 5.91 Å². The molecule has 0 saturated carbocycles. The predicted octanol–water partition coefficient (Wildman–Crippen LogP) is 1.66. The van der Waals surface area contributed by atoms with Gasteiger partial charge >= 0.3 is 0 Å². The fourth-order valence-electron chi connectivity index (χ4n) is 2.95. The number of H-pyrrole nitrogens is 1. The second-order valence-electron chi connectivity index (χ2n) is 6.16. The molecule has 1 aliphatic rings. The molecule has 0 bridgehead atoms. The van der Waals surface area contributed by atoms with Gasteiger partial charge in [-0.2, -0.15) is 0 Å². The molecule has 7 nitrogen and oxygen atoms in total. The molecule has 3 aromatic heterocycles. The maximum Gasteiger partial charge on any atom is 0.287 e. The van der Waals surface area contributed by atoms with Gasteiger partial charge in [-0.15, -0.1) is 0 Å². The molecule has 1 aliphatic heterocycles. The number of aryl methyl sites for hydroxylation is 1. The topological polar surface area (TPSA) is 88.5 Å². The number of aromatic nitrogens is 5. The van der Waals surface area contributed by atoms with Crippen molar-refractivity contribution in [1.82, 2.24) is 29.8 Å². The average molecular weight is 334 g/mol. The largest absolute Gasteiger partial charge is 0.346 e.